The number of aromatic nitrogens is 2. The zero-order valence-electron chi connectivity index (χ0n) is 13.6. The molecule has 25 heavy (non-hydrogen) atoms. The maximum absolute atomic E-state index is 12.6. The molecule has 124 valence electrons. The number of hydrogen-bond acceptors (Lipinski definition) is 4. The average molecular weight is 333 g/mol. The Balaban J connectivity index is 1.62. The molecule has 0 unspecified atom stereocenters. The molecule has 0 saturated carbocycles. The topological polar surface area (TPSA) is 72.3 Å². The van der Waals surface area contributed by atoms with E-state index in [1.807, 2.05) is 19.1 Å². The number of carbonyl (C=O) groups is 2. The normalized spacial score (nSPS) is 13.6. The lowest BCUT2D eigenvalue weighted by atomic mass is 10.1. The minimum Gasteiger partial charge on any atom is -0.297 e. The van der Waals surface area contributed by atoms with E-state index < -0.39 is 0 Å². The van der Waals surface area contributed by atoms with Crippen LogP contribution in [-0.4, -0.2) is 32.8 Å². The number of amides is 2. The van der Waals surface area contributed by atoms with Crippen molar-refractivity contribution < 1.29 is 9.59 Å². The molecule has 0 atom stereocenters. The van der Waals surface area contributed by atoms with E-state index in [1.165, 1.54) is 15.8 Å². The van der Waals surface area contributed by atoms with Crippen LogP contribution in [-0.2, 0) is 6.54 Å². The van der Waals surface area contributed by atoms with Crippen molar-refractivity contribution in [3.63, 3.8) is 0 Å². The van der Waals surface area contributed by atoms with Crippen LogP contribution >= 0.6 is 0 Å². The number of para-hydroxylation sites is 1. The smallest absolute Gasteiger partial charge is 0.261 e. The van der Waals surface area contributed by atoms with Gasteiger partial charge in [-0.25, -0.2) is 4.98 Å². The molecule has 1 aromatic heterocycles. The van der Waals surface area contributed by atoms with Crippen LogP contribution in [0.3, 0.4) is 0 Å². The van der Waals surface area contributed by atoms with Crippen LogP contribution in [0.25, 0.3) is 10.9 Å². The Hall–Kier alpha value is -3.28. The molecule has 6 nitrogen and oxygen atoms in total. The average Bonchev–Trinajstić information content (AvgIpc) is 2.87. The van der Waals surface area contributed by atoms with Crippen molar-refractivity contribution in [1.82, 2.24) is 14.5 Å². The molecule has 0 bridgehead atoms. The molecule has 1 aliphatic heterocycles. The van der Waals surface area contributed by atoms with Crippen molar-refractivity contribution in [3.8, 4) is 0 Å². The Morgan fingerprint density at radius 1 is 0.880 bits per heavy atom. The van der Waals surface area contributed by atoms with Gasteiger partial charge >= 0.3 is 0 Å². The molecule has 0 radical (unpaired) electrons. The second-order valence-electron chi connectivity index (χ2n) is 6.02. The number of fused-ring (bicyclic) bond motifs is 2. The van der Waals surface area contributed by atoms with Crippen molar-refractivity contribution in [1.29, 1.82) is 0 Å². The predicted molar refractivity (Wildman–Crippen MR) is 92.5 cm³/mol. The molecular weight excluding hydrogens is 318 g/mol. The monoisotopic (exact) mass is 333 g/mol. The first-order valence-corrected chi connectivity index (χ1v) is 7.98. The highest BCUT2D eigenvalue weighted by atomic mass is 16.2. The van der Waals surface area contributed by atoms with Gasteiger partial charge in [0.05, 0.1) is 28.4 Å². The van der Waals surface area contributed by atoms with Gasteiger partial charge in [-0.1, -0.05) is 24.3 Å². The minimum absolute atomic E-state index is 0.130. The van der Waals surface area contributed by atoms with E-state index in [-0.39, 0.29) is 30.5 Å². The number of hydrogen-bond donors (Lipinski definition) is 0. The van der Waals surface area contributed by atoms with Crippen molar-refractivity contribution >= 4 is 22.7 Å². The number of imide groups is 1. The molecule has 0 spiro atoms. The van der Waals surface area contributed by atoms with E-state index in [9.17, 15) is 14.4 Å². The van der Waals surface area contributed by atoms with Crippen molar-refractivity contribution in [2.24, 2.45) is 0 Å². The highest BCUT2D eigenvalue weighted by molar-refractivity contribution is 6.21. The third-order valence-electron chi connectivity index (χ3n) is 4.50. The summed E-state index contributed by atoms with van der Waals surface area (Å²) >= 11 is 0. The fourth-order valence-electron chi connectivity index (χ4n) is 3.15. The summed E-state index contributed by atoms with van der Waals surface area (Å²) in [5, 5.41) is 0.532. The second-order valence-corrected chi connectivity index (χ2v) is 6.02. The standard InChI is InChI=1S/C19H15N3O3/c1-12-5-4-8-15-16(12)20-11-21(17(15)23)9-10-22-18(24)13-6-2-3-7-14(13)19(22)25/h2-8,11H,9-10H2,1H3. The summed E-state index contributed by atoms with van der Waals surface area (Å²) in [7, 11) is 0. The summed E-state index contributed by atoms with van der Waals surface area (Å²) in [5.74, 6) is -0.642. The van der Waals surface area contributed by atoms with Gasteiger partial charge in [0.1, 0.15) is 0 Å². The highest BCUT2D eigenvalue weighted by Gasteiger charge is 2.34. The Bertz CT molecular complexity index is 1050. The molecule has 6 heteroatoms. The molecule has 0 saturated heterocycles. The molecular formula is C19H15N3O3. The lowest BCUT2D eigenvalue weighted by molar-refractivity contribution is 0.0648. The van der Waals surface area contributed by atoms with Gasteiger partial charge in [0.25, 0.3) is 17.4 Å². The maximum atomic E-state index is 12.6. The Morgan fingerprint density at radius 2 is 1.56 bits per heavy atom. The van der Waals surface area contributed by atoms with Crippen molar-refractivity contribution in [2.75, 3.05) is 6.54 Å². The lowest BCUT2D eigenvalue weighted by Crippen LogP contribution is -2.35. The van der Waals surface area contributed by atoms with Crippen LogP contribution in [0.2, 0.25) is 0 Å². The first-order chi connectivity index (χ1) is 12.1. The number of rotatable bonds is 3. The predicted octanol–water partition coefficient (Wildman–Crippen LogP) is 2.00. The van der Waals surface area contributed by atoms with Gasteiger partial charge in [0, 0.05) is 13.1 Å². The fourth-order valence-corrected chi connectivity index (χ4v) is 3.15. The van der Waals surface area contributed by atoms with Crippen LogP contribution in [0.15, 0.2) is 53.6 Å². The maximum Gasteiger partial charge on any atom is 0.261 e. The van der Waals surface area contributed by atoms with Crippen LogP contribution in [0, 0.1) is 6.92 Å². The first-order valence-electron chi connectivity index (χ1n) is 7.98. The minimum atomic E-state index is -0.321. The second kappa shape index (κ2) is 5.66. The molecule has 0 fully saturated rings. The van der Waals surface area contributed by atoms with Gasteiger partial charge in [0.2, 0.25) is 0 Å². The van der Waals surface area contributed by atoms with Crippen LogP contribution in [0.5, 0.6) is 0 Å². The quantitative estimate of drug-likeness (QED) is 0.687. The Morgan fingerprint density at radius 3 is 2.24 bits per heavy atom. The molecule has 3 aromatic rings. The lowest BCUT2D eigenvalue weighted by Gasteiger charge is -2.15. The third kappa shape index (κ3) is 2.34. The number of benzene rings is 2. The van der Waals surface area contributed by atoms with Gasteiger partial charge in [-0.2, -0.15) is 0 Å². The summed E-state index contributed by atoms with van der Waals surface area (Å²) in [6.45, 7) is 2.24. The van der Waals surface area contributed by atoms with E-state index in [0.29, 0.717) is 22.0 Å². The summed E-state index contributed by atoms with van der Waals surface area (Å²) in [4.78, 5) is 42.9. The van der Waals surface area contributed by atoms with Crippen LogP contribution < -0.4 is 5.56 Å². The van der Waals surface area contributed by atoms with Crippen LogP contribution in [0.4, 0.5) is 0 Å². The summed E-state index contributed by atoms with van der Waals surface area (Å²) < 4.78 is 1.44. The summed E-state index contributed by atoms with van der Waals surface area (Å²) in [5.41, 5.74) is 2.25. The van der Waals surface area contributed by atoms with E-state index in [2.05, 4.69) is 4.98 Å². The summed E-state index contributed by atoms with van der Waals surface area (Å²) in [6, 6.07) is 12.2. The molecule has 0 aliphatic carbocycles. The Labute approximate surface area is 143 Å². The largest absolute Gasteiger partial charge is 0.297 e. The zero-order valence-corrected chi connectivity index (χ0v) is 13.6. The fraction of sp³-hybridized carbons (Fsp3) is 0.158. The molecule has 1 aliphatic rings. The van der Waals surface area contributed by atoms with E-state index in [1.54, 1.807) is 30.3 Å². The van der Waals surface area contributed by atoms with E-state index >= 15 is 0 Å². The van der Waals surface area contributed by atoms with Crippen molar-refractivity contribution in [2.45, 2.75) is 13.5 Å². The van der Waals surface area contributed by atoms with Crippen LogP contribution in [0.1, 0.15) is 26.3 Å². The molecule has 2 amide bonds. The number of nitrogens with zero attached hydrogens (tertiary/aromatic N) is 3. The van der Waals surface area contributed by atoms with Gasteiger partial charge in [0.15, 0.2) is 0 Å². The van der Waals surface area contributed by atoms with Gasteiger partial charge in [-0.05, 0) is 30.7 Å². The van der Waals surface area contributed by atoms with Gasteiger partial charge in [-0.3, -0.25) is 23.9 Å². The van der Waals surface area contributed by atoms with Gasteiger partial charge < -0.3 is 0 Å². The zero-order chi connectivity index (χ0) is 17.6. The molecule has 2 aromatic carbocycles. The number of aryl methyl sites for hydroxylation is 1. The first kappa shape index (κ1) is 15.3. The SMILES string of the molecule is Cc1cccc2c(=O)n(CCN3C(=O)c4ccccc4C3=O)cnc12. The molecule has 2 heterocycles. The van der Waals surface area contributed by atoms with E-state index in [0.717, 1.165) is 5.56 Å². The summed E-state index contributed by atoms with van der Waals surface area (Å²) in [6.07, 6.45) is 1.47. The molecule has 0 N–H and O–H groups in total. The highest BCUT2D eigenvalue weighted by Crippen LogP contribution is 2.22. The molecule has 4 rings (SSSR count). The Kier molecular flexibility index (Phi) is 3.46. The van der Waals surface area contributed by atoms with Gasteiger partial charge in [-0.15, -0.1) is 0 Å². The van der Waals surface area contributed by atoms with E-state index in [4.69, 9.17) is 0 Å². The number of carbonyl (C=O) groups excluding carboxylic acids is 2. The van der Waals surface area contributed by atoms with Crippen molar-refractivity contribution in [3.05, 3.63) is 75.8 Å². The third-order valence-corrected chi connectivity index (χ3v) is 4.50.